The summed E-state index contributed by atoms with van der Waals surface area (Å²) >= 11 is 1.58. The van der Waals surface area contributed by atoms with Crippen LogP contribution in [0.5, 0.6) is 11.5 Å². The first-order valence-electron chi connectivity index (χ1n) is 24.0. The SMILES string of the molecule is Cc1ncsc1-c1ccc([C@H](C)NC(=O)[C@@H]2C[C@@H](O)CN2C(=O)[C@@H](NC(=O)CCCCCCCCCC(=O)NCc2ccc(CCOc3cc(-c4ccccc4O)nnc3N)cc2)C(C)(C)C)cc1. The van der Waals surface area contributed by atoms with Crippen LogP contribution in [0.1, 0.15) is 120 Å². The molecule has 0 radical (unpaired) electrons. The molecule has 0 aliphatic carbocycles. The van der Waals surface area contributed by atoms with Crippen molar-refractivity contribution in [1.82, 2.24) is 36.0 Å². The third kappa shape index (κ3) is 15.0. The summed E-state index contributed by atoms with van der Waals surface area (Å²) in [6.07, 6.45) is 6.95. The van der Waals surface area contributed by atoms with Crippen LogP contribution in [-0.4, -0.2) is 85.3 Å². The molecule has 1 fully saturated rings. The van der Waals surface area contributed by atoms with Crippen molar-refractivity contribution < 1.29 is 34.1 Å². The number of nitrogens with two attached hydrogens (primary N) is 1. The van der Waals surface area contributed by atoms with Crippen LogP contribution in [-0.2, 0) is 32.1 Å². The number of anilines is 1. The molecule has 0 bridgehead atoms. The van der Waals surface area contributed by atoms with Crippen molar-refractivity contribution in [2.45, 2.75) is 136 Å². The molecular formula is C53H68N8O7S. The number of β-amino-alcohol motifs (C(OH)–C–C–N with tert-alkyl or cyclic N) is 1. The maximum Gasteiger partial charge on any atom is 0.246 e. The third-order valence-electron chi connectivity index (χ3n) is 12.5. The number of hydrogen-bond acceptors (Lipinski definition) is 12. The van der Waals surface area contributed by atoms with E-state index in [9.17, 15) is 29.4 Å². The molecule has 0 unspecified atom stereocenters. The number of carbonyl (C=O) groups is 4. The highest BCUT2D eigenvalue weighted by molar-refractivity contribution is 7.13. The second-order valence-electron chi connectivity index (χ2n) is 19.0. The number of aromatic nitrogens is 3. The summed E-state index contributed by atoms with van der Waals surface area (Å²) in [6, 6.07) is 22.5. The fraction of sp³-hybridized carbons (Fsp3) is 0.453. The Morgan fingerprint density at radius 1 is 0.870 bits per heavy atom. The molecule has 5 aromatic rings. The number of phenolic OH excluding ortho intramolecular Hbond substituents is 1. The van der Waals surface area contributed by atoms with Crippen LogP contribution in [0, 0.1) is 12.3 Å². The number of aliphatic hydroxyl groups is 1. The lowest BCUT2D eigenvalue weighted by Gasteiger charge is -2.35. The van der Waals surface area contributed by atoms with Gasteiger partial charge in [0.1, 0.15) is 23.5 Å². The molecule has 2 aromatic heterocycles. The van der Waals surface area contributed by atoms with E-state index in [-0.39, 0.29) is 60.6 Å². The molecular weight excluding hydrogens is 893 g/mol. The maximum atomic E-state index is 14.1. The van der Waals surface area contributed by atoms with E-state index in [0.717, 1.165) is 71.3 Å². The van der Waals surface area contributed by atoms with E-state index in [2.05, 4.69) is 31.1 Å². The number of thiazole rings is 1. The van der Waals surface area contributed by atoms with Crippen LogP contribution in [0.15, 0.2) is 84.4 Å². The molecule has 3 heterocycles. The third-order valence-corrected chi connectivity index (χ3v) is 13.5. The largest absolute Gasteiger partial charge is 0.507 e. The minimum atomic E-state index is -0.869. The highest BCUT2D eigenvalue weighted by Crippen LogP contribution is 2.32. The van der Waals surface area contributed by atoms with Crippen molar-refractivity contribution in [3.05, 3.63) is 107 Å². The summed E-state index contributed by atoms with van der Waals surface area (Å²) in [5.41, 5.74) is 13.2. The molecule has 6 rings (SSSR count). The van der Waals surface area contributed by atoms with Gasteiger partial charge in [0.2, 0.25) is 23.6 Å². The molecule has 1 saturated heterocycles. The number of unbranched alkanes of at least 4 members (excludes halogenated alkanes) is 6. The van der Waals surface area contributed by atoms with Crippen LogP contribution in [0.4, 0.5) is 5.82 Å². The van der Waals surface area contributed by atoms with Gasteiger partial charge in [0.15, 0.2) is 11.6 Å². The number of hydrogen-bond donors (Lipinski definition) is 6. The first kappa shape index (κ1) is 52.0. The van der Waals surface area contributed by atoms with E-state index in [1.54, 1.807) is 41.7 Å². The summed E-state index contributed by atoms with van der Waals surface area (Å²) in [6.45, 7) is 10.4. The second kappa shape index (κ2) is 24.8. The lowest BCUT2D eigenvalue weighted by Crippen LogP contribution is -2.57. The Kier molecular flexibility index (Phi) is 18.7. The van der Waals surface area contributed by atoms with Gasteiger partial charge in [-0.2, -0.15) is 0 Å². The van der Waals surface area contributed by atoms with Gasteiger partial charge in [-0.3, -0.25) is 19.2 Å². The highest BCUT2D eigenvalue weighted by Gasteiger charge is 2.44. The quantitative estimate of drug-likeness (QED) is 0.0345. The molecule has 368 valence electrons. The van der Waals surface area contributed by atoms with Crippen LogP contribution < -0.4 is 26.4 Å². The Hall–Kier alpha value is -6.39. The number of para-hydroxylation sites is 1. The normalized spacial score (nSPS) is 15.6. The average molecular weight is 961 g/mol. The predicted octanol–water partition coefficient (Wildman–Crippen LogP) is 7.98. The van der Waals surface area contributed by atoms with E-state index in [1.807, 2.05) is 88.7 Å². The van der Waals surface area contributed by atoms with E-state index < -0.39 is 23.6 Å². The number of aryl methyl sites for hydroxylation is 1. The predicted molar refractivity (Wildman–Crippen MR) is 269 cm³/mol. The number of likely N-dealkylation sites (tertiary alicyclic amines) is 1. The molecule has 7 N–H and O–H groups in total. The zero-order chi connectivity index (χ0) is 49.5. The summed E-state index contributed by atoms with van der Waals surface area (Å²) in [4.78, 5) is 60.3. The van der Waals surface area contributed by atoms with Crippen molar-refractivity contribution in [3.63, 3.8) is 0 Å². The van der Waals surface area contributed by atoms with Gasteiger partial charge in [0.05, 0.1) is 34.8 Å². The molecule has 4 atom stereocenters. The number of carbonyl (C=O) groups excluding carboxylic acids is 4. The van der Waals surface area contributed by atoms with Crippen LogP contribution in [0.25, 0.3) is 21.7 Å². The number of phenols is 1. The number of amides is 4. The fourth-order valence-electron chi connectivity index (χ4n) is 8.42. The monoisotopic (exact) mass is 960 g/mol. The van der Waals surface area contributed by atoms with E-state index in [0.29, 0.717) is 49.4 Å². The number of aliphatic hydroxyl groups excluding tert-OH is 1. The van der Waals surface area contributed by atoms with Crippen LogP contribution >= 0.6 is 11.3 Å². The van der Waals surface area contributed by atoms with Crippen molar-refractivity contribution >= 4 is 40.8 Å². The molecule has 1 aliphatic rings. The molecule has 0 saturated carbocycles. The summed E-state index contributed by atoms with van der Waals surface area (Å²) < 4.78 is 5.91. The first-order valence-corrected chi connectivity index (χ1v) is 24.9. The topological polar surface area (TPSA) is 222 Å². The average Bonchev–Trinajstić information content (AvgIpc) is 3.95. The Morgan fingerprint density at radius 2 is 1.52 bits per heavy atom. The zero-order valence-corrected chi connectivity index (χ0v) is 41.3. The molecule has 4 amide bonds. The summed E-state index contributed by atoms with van der Waals surface area (Å²) in [5.74, 6) is -0.245. The maximum absolute atomic E-state index is 14.1. The molecule has 15 nitrogen and oxygen atoms in total. The second-order valence-corrected chi connectivity index (χ2v) is 19.9. The van der Waals surface area contributed by atoms with Crippen LogP contribution in [0.2, 0.25) is 0 Å². The Balaban J connectivity index is 0.827. The minimum absolute atomic E-state index is 0.0188. The number of nitrogen functional groups attached to an aromatic ring is 1. The van der Waals surface area contributed by atoms with E-state index in [1.165, 1.54) is 4.90 Å². The van der Waals surface area contributed by atoms with Gasteiger partial charge in [0.25, 0.3) is 0 Å². The standard InChI is InChI=1S/C53H68N8O7S/c1-34(38-23-25-39(26-24-38)48-35(2)56-33-69-48)57-51(66)43-29-40(62)32-61(43)52(67)49(53(3,4)5)58-47(65)18-12-10-8-6-7-9-11-17-46(64)55-31-37-21-19-36(20-22-37)27-28-68-45-30-42(59-60-50(45)54)41-15-13-14-16-44(41)63/h13-16,19-26,30,33-34,40,43,49,62-63H,6-12,17-18,27-29,31-32H2,1-5H3,(H2,54,60)(H,55,64)(H,57,66)(H,58,65)/t34-,40+,43-,49+/m0/s1. The van der Waals surface area contributed by atoms with Crippen molar-refractivity contribution in [3.8, 4) is 33.2 Å². The van der Waals surface area contributed by atoms with Crippen molar-refractivity contribution in [1.29, 1.82) is 0 Å². The molecule has 3 aromatic carbocycles. The number of benzene rings is 3. The lowest BCUT2D eigenvalue weighted by atomic mass is 9.85. The summed E-state index contributed by atoms with van der Waals surface area (Å²) in [5, 5.41) is 37.9. The number of nitrogens with zero attached hydrogens (tertiary/aromatic N) is 4. The van der Waals surface area contributed by atoms with Gasteiger partial charge in [-0.15, -0.1) is 21.5 Å². The van der Waals surface area contributed by atoms with Gasteiger partial charge in [-0.05, 0) is 66.5 Å². The minimum Gasteiger partial charge on any atom is -0.507 e. The highest BCUT2D eigenvalue weighted by atomic mass is 32.1. The Morgan fingerprint density at radius 3 is 2.17 bits per heavy atom. The number of ether oxygens (including phenoxy) is 1. The summed E-state index contributed by atoms with van der Waals surface area (Å²) in [7, 11) is 0. The lowest BCUT2D eigenvalue weighted by molar-refractivity contribution is -0.144. The van der Waals surface area contributed by atoms with E-state index >= 15 is 0 Å². The van der Waals surface area contributed by atoms with Crippen LogP contribution in [0.3, 0.4) is 0 Å². The Labute approximate surface area is 409 Å². The fourth-order valence-corrected chi connectivity index (χ4v) is 9.23. The van der Waals surface area contributed by atoms with Gasteiger partial charge < -0.3 is 41.5 Å². The molecule has 16 heteroatoms. The zero-order valence-electron chi connectivity index (χ0n) is 40.5. The molecule has 69 heavy (non-hydrogen) atoms. The van der Waals surface area contributed by atoms with Gasteiger partial charge in [-0.25, -0.2) is 4.98 Å². The smallest absolute Gasteiger partial charge is 0.246 e. The van der Waals surface area contributed by atoms with Gasteiger partial charge in [-0.1, -0.05) is 114 Å². The number of aromatic hydroxyl groups is 1. The first-order chi connectivity index (χ1) is 33.1. The number of nitrogens with one attached hydrogen (secondary N) is 3. The number of rotatable bonds is 23. The molecule has 1 aliphatic heterocycles. The van der Waals surface area contributed by atoms with Crippen molar-refractivity contribution in [2.75, 3.05) is 18.9 Å². The van der Waals surface area contributed by atoms with E-state index in [4.69, 9.17) is 10.5 Å². The van der Waals surface area contributed by atoms with Crippen molar-refractivity contribution in [2.24, 2.45) is 5.41 Å². The Bertz CT molecular complexity index is 2490. The van der Waals surface area contributed by atoms with Gasteiger partial charge in [0, 0.05) is 50.4 Å². The van der Waals surface area contributed by atoms with Gasteiger partial charge >= 0.3 is 0 Å². The molecule has 0 spiro atoms.